The molecule has 0 saturated carbocycles. The van der Waals surface area contributed by atoms with Gasteiger partial charge in [0.15, 0.2) is 5.96 Å². The zero-order valence-electron chi connectivity index (χ0n) is 25.9. The minimum Gasteiger partial charge on any atom is -0.370 e. The summed E-state index contributed by atoms with van der Waals surface area (Å²) in [5.74, 6) is -2.91. The number of amides is 4. The van der Waals surface area contributed by atoms with Gasteiger partial charge in [0.2, 0.25) is 11.8 Å². The van der Waals surface area contributed by atoms with Crippen LogP contribution in [0.25, 0.3) is 0 Å². The number of anilines is 1. The number of carbonyl (C=O) groups is 4. The van der Waals surface area contributed by atoms with Gasteiger partial charge in [-0.15, -0.1) is 0 Å². The molecule has 3 aromatic rings. The van der Waals surface area contributed by atoms with Crippen molar-refractivity contribution in [3.8, 4) is 0 Å². The van der Waals surface area contributed by atoms with Crippen LogP contribution in [0.5, 0.6) is 0 Å². The Morgan fingerprint density at radius 3 is 1.93 bits per heavy atom. The van der Waals surface area contributed by atoms with E-state index in [0.29, 0.717) is 12.0 Å². The number of nitrogens with one attached hydrogen (secondary N) is 4. The molecule has 0 unspecified atom stereocenters. The van der Waals surface area contributed by atoms with Crippen LogP contribution in [0, 0.1) is 10.8 Å². The Hall–Kier alpha value is -5.59. The third-order valence-corrected chi connectivity index (χ3v) is 7.07. The van der Waals surface area contributed by atoms with E-state index >= 15 is 0 Å². The standard InChI is InChI=1S/C33H40N8O5/c1-22(2)28(39-30(43)27(21-23-13-6-3-7-14-23)38-29(42)24-15-8-4-9-16-24)31(44)37-26(19-12-20-36-33(34)35)32(45)41(40-46)25-17-10-5-11-18-25/h3-11,13-18,22,26-28H,12,19-21H2,1-2H3,(H,37,44)(H,38,42)(H,39,43)(H4,34,35,36)/p+1/t26-,27-,28-/m0/s1. The van der Waals surface area contributed by atoms with Crippen molar-refractivity contribution >= 4 is 35.3 Å². The quantitative estimate of drug-likeness (QED) is 0.0573. The molecule has 4 amide bonds. The van der Waals surface area contributed by atoms with Gasteiger partial charge in [0.05, 0.1) is 0 Å². The van der Waals surface area contributed by atoms with E-state index in [-0.39, 0.29) is 31.0 Å². The number of nitrogens with zero attached hydrogens (tertiary/aromatic N) is 2. The number of hydrazine groups is 1. The highest BCUT2D eigenvalue weighted by Gasteiger charge is 2.35. The molecule has 0 aliphatic carbocycles. The largest absolute Gasteiger partial charge is 0.370 e. The van der Waals surface area contributed by atoms with Crippen molar-refractivity contribution in [1.82, 2.24) is 16.0 Å². The summed E-state index contributed by atoms with van der Waals surface area (Å²) >= 11 is 0. The summed E-state index contributed by atoms with van der Waals surface area (Å²) < 4.78 is 0. The van der Waals surface area contributed by atoms with Gasteiger partial charge >= 0.3 is 5.91 Å². The Kier molecular flexibility index (Phi) is 13.4. The Morgan fingerprint density at radius 1 is 0.783 bits per heavy atom. The van der Waals surface area contributed by atoms with Crippen LogP contribution >= 0.6 is 0 Å². The Bertz CT molecular complexity index is 1480. The first-order chi connectivity index (χ1) is 22.1. The second kappa shape index (κ2) is 17.6. The van der Waals surface area contributed by atoms with Crippen molar-refractivity contribution in [2.75, 3.05) is 11.6 Å². The van der Waals surface area contributed by atoms with Crippen LogP contribution in [-0.4, -0.2) is 54.3 Å². The van der Waals surface area contributed by atoms with Crippen LogP contribution in [-0.2, 0) is 20.8 Å². The highest BCUT2D eigenvalue weighted by molar-refractivity contribution is 6.00. The van der Waals surface area contributed by atoms with Crippen LogP contribution in [0.1, 0.15) is 42.6 Å². The molecule has 0 aromatic heterocycles. The number of rotatable bonds is 16. The van der Waals surface area contributed by atoms with Gasteiger partial charge in [-0.05, 0) is 53.6 Å². The number of para-hydroxylation sites is 1. The average Bonchev–Trinajstić information content (AvgIpc) is 3.05. The van der Waals surface area contributed by atoms with Crippen molar-refractivity contribution in [3.63, 3.8) is 0 Å². The normalized spacial score (nSPS) is 12.6. The number of aliphatic imine (C=N–C) groups is 1. The van der Waals surface area contributed by atoms with Gasteiger partial charge in [-0.1, -0.05) is 80.6 Å². The summed E-state index contributed by atoms with van der Waals surface area (Å²) in [6.45, 7) is 3.67. The van der Waals surface area contributed by atoms with Gasteiger partial charge < -0.3 is 27.4 Å². The number of hydrogen-bond acceptors (Lipinski definition) is 6. The third kappa shape index (κ3) is 10.5. The summed E-state index contributed by atoms with van der Waals surface area (Å²) in [4.78, 5) is 69.8. The van der Waals surface area contributed by atoms with Crippen LogP contribution in [0.3, 0.4) is 0 Å². The molecule has 0 saturated heterocycles. The molecule has 3 aromatic carbocycles. The lowest BCUT2D eigenvalue weighted by Gasteiger charge is -2.27. The van der Waals surface area contributed by atoms with Crippen molar-refractivity contribution in [2.45, 2.75) is 51.2 Å². The lowest BCUT2D eigenvalue weighted by molar-refractivity contribution is -0.484. The topological polar surface area (TPSA) is 203 Å². The maximum absolute atomic E-state index is 13.7. The molecule has 0 aliphatic rings. The fraction of sp³-hybridized carbons (Fsp3) is 0.303. The smallest absolute Gasteiger partial charge is 0.309 e. The number of hydrogen-bond donors (Lipinski definition) is 6. The van der Waals surface area contributed by atoms with Crippen LogP contribution in [0.15, 0.2) is 96.0 Å². The monoisotopic (exact) mass is 629 g/mol. The van der Waals surface area contributed by atoms with Crippen molar-refractivity contribution in [1.29, 1.82) is 0 Å². The Morgan fingerprint density at radius 2 is 1.37 bits per heavy atom. The van der Waals surface area contributed by atoms with E-state index in [1.54, 1.807) is 79.8 Å². The van der Waals surface area contributed by atoms with Crippen LogP contribution < -0.4 is 37.7 Å². The third-order valence-electron chi connectivity index (χ3n) is 7.07. The maximum Gasteiger partial charge on any atom is 0.309 e. The summed E-state index contributed by atoms with van der Waals surface area (Å²) in [6, 6.07) is 22.6. The van der Waals surface area contributed by atoms with Crippen molar-refractivity contribution in [3.05, 3.63) is 107 Å². The van der Waals surface area contributed by atoms with E-state index in [1.807, 2.05) is 30.3 Å². The second-order valence-electron chi connectivity index (χ2n) is 10.9. The molecule has 46 heavy (non-hydrogen) atoms. The number of nitrogens with two attached hydrogens (primary N) is 2. The van der Waals surface area contributed by atoms with Gasteiger partial charge in [0.25, 0.3) is 5.91 Å². The molecule has 0 fully saturated rings. The summed E-state index contributed by atoms with van der Waals surface area (Å²) in [6.07, 6.45) is 0.569. The minimum absolute atomic E-state index is 0.0922. The Labute approximate surface area is 267 Å². The molecule has 0 radical (unpaired) electrons. The first-order valence-electron chi connectivity index (χ1n) is 14.9. The first kappa shape index (κ1) is 34.9. The fourth-order valence-corrected chi connectivity index (χ4v) is 4.66. The van der Waals surface area contributed by atoms with E-state index in [2.05, 4.69) is 20.9 Å². The number of benzene rings is 3. The maximum atomic E-state index is 13.7. The molecule has 0 bridgehead atoms. The molecule has 0 spiro atoms. The molecule has 13 nitrogen and oxygen atoms in total. The molecule has 8 N–H and O–H groups in total. The van der Waals surface area contributed by atoms with Gasteiger partial charge in [0, 0.05) is 23.4 Å². The molecular formula is C33H41N8O5+. The minimum atomic E-state index is -1.17. The molecule has 13 heteroatoms. The zero-order valence-corrected chi connectivity index (χ0v) is 25.9. The summed E-state index contributed by atoms with van der Waals surface area (Å²) in [5, 5.41) is 10.7. The highest BCUT2D eigenvalue weighted by atomic mass is 16.3. The number of nitroso groups, excluding NO2 is 1. The Balaban J connectivity index is 1.82. The molecule has 242 valence electrons. The van der Waals surface area contributed by atoms with Gasteiger partial charge in [-0.25, -0.2) is 0 Å². The van der Waals surface area contributed by atoms with E-state index in [4.69, 9.17) is 11.5 Å². The van der Waals surface area contributed by atoms with E-state index in [1.165, 1.54) is 0 Å². The zero-order chi connectivity index (χ0) is 33.5. The second-order valence-corrected chi connectivity index (χ2v) is 10.9. The van der Waals surface area contributed by atoms with Crippen molar-refractivity contribution in [2.24, 2.45) is 22.4 Å². The fourth-order valence-electron chi connectivity index (χ4n) is 4.66. The average molecular weight is 630 g/mol. The van der Waals surface area contributed by atoms with E-state index < -0.39 is 47.7 Å². The summed E-state index contributed by atoms with van der Waals surface area (Å²) in [5.41, 5.74) is 12.3. The number of carbonyl (C=O) groups excluding carboxylic acids is 4. The predicted molar refractivity (Wildman–Crippen MR) is 175 cm³/mol. The first-order valence-corrected chi connectivity index (χ1v) is 14.9. The van der Waals surface area contributed by atoms with E-state index in [0.717, 1.165) is 10.6 Å². The molecule has 0 heterocycles. The highest BCUT2D eigenvalue weighted by Crippen LogP contribution is 2.13. The van der Waals surface area contributed by atoms with E-state index in [9.17, 15) is 24.1 Å². The molecule has 3 atom stereocenters. The number of guanidine groups is 1. The van der Waals surface area contributed by atoms with Crippen molar-refractivity contribution < 1.29 is 24.5 Å². The molecule has 0 aliphatic heterocycles. The molecule has 3 rings (SSSR count). The summed E-state index contributed by atoms with van der Waals surface area (Å²) in [7, 11) is 0. The van der Waals surface area contributed by atoms with Crippen LogP contribution in [0.4, 0.5) is 5.69 Å². The molecular weight excluding hydrogens is 588 g/mol. The predicted octanol–water partition coefficient (Wildman–Crippen LogP) is 0.502. The SMILES string of the molecule is CC(C)[C@H](NC(=O)[C@H](Cc1ccccc1)NC(=O)c1ccccc1)C(=O)N[C@@H](CCCN=C(N)N)C(=O)N([NH+]=O)c1ccccc1. The van der Waals surface area contributed by atoms with Gasteiger partial charge in [-0.2, -0.15) is 0 Å². The lowest BCUT2D eigenvalue weighted by Crippen LogP contribution is -2.82. The lowest BCUT2D eigenvalue weighted by atomic mass is 10.00. The van der Waals surface area contributed by atoms with Gasteiger partial charge in [0.1, 0.15) is 29.1 Å². The van der Waals surface area contributed by atoms with Gasteiger partial charge in [-0.3, -0.25) is 24.2 Å². The van der Waals surface area contributed by atoms with Crippen LogP contribution in [0.2, 0.25) is 0 Å².